The molecular formula is C29H27Cl3N4O5. The first-order valence-corrected chi connectivity index (χ1v) is 13.8. The lowest BCUT2D eigenvalue weighted by molar-refractivity contribution is -0.139. The molecule has 2 atom stereocenters. The number of carboxylic acids is 1. The Labute approximate surface area is 251 Å². The van der Waals surface area contributed by atoms with Gasteiger partial charge in [-0.2, -0.15) is 0 Å². The summed E-state index contributed by atoms with van der Waals surface area (Å²) in [5, 5.41) is 20.4. The van der Waals surface area contributed by atoms with Crippen LogP contribution in [0.2, 0.25) is 15.1 Å². The van der Waals surface area contributed by atoms with E-state index >= 15 is 0 Å². The topological polar surface area (TPSA) is 137 Å². The number of rotatable bonds is 9. The maximum atomic E-state index is 12.9. The Morgan fingerprint density at radius 1 is 0.951 bits per heavy atom. The summed E-state index contributed by atoms with van der Waals surface area (Å²) in [5.74, 6) is -2.70. The SMILES string of the molecule is Cc1cccc(CNC(=O)c2cc(Cl)c(C(=O)N[C@@H](CNC(=O)N[C@@H]3CCc4cc(Cl)ccc43)C(=O)O)c(Cl)c2)c1. The van der Waals surface area contributed by atoms with Gasteiger partial charge in [-0.25, -0.2) is 9.59 Å². The van der Waals surface area contributed by atoms with Crippen molar-refractivity contribution in [3.8, 4) is 0 Å². The Balaban J connectivity index is 1.35. The zero-order valence-electron chi connectivity index (χ0n) is 21.9. The molecule has 214 valence electrons. The number of aryl methyl sites for hydroxylation is 2. The molecular weight excluding hydrogens is 591 g/mol. The van der Waals surface area contributed by atoms with Gasteiger partial charge in [-0.1, -0.05) is 70.7 Å². The molecule has 9 nitrogen and oxygen atoms in total. The molecule has 0 aromatic heterocycles. The molecule has 1 aliphatic carbocycles. The van der Waals surface area contributed by atoms with Crippen molar-refractivity contribution in [2.45, 2.75) is 38.4 Å². The van der Waals surface area contributed by atoms with Crippen LogP contribution in [-0.4, -0.2) is 41.5 Å². The third kappa shape index (κ3) is 7.70. The minimum Gasteiger partial charge on any atom is -0.480 e. The van der Waals surface area contributed by atoms with Crippen molar-refractivity contribution in [2.24, 2.45) is 0 Å². The minimum absolute atomic E-state index is 0.132. The van der Waals surface area contributed by atoms with Crippen molar-refractivity contribution < 1.29 is 24.3 Å². The molecule has 41 heavy (non-hydrogen) atoms. The summed E-state index contributed by atoms with van der Waals surface area (Å²) < 4.78 is 0. The average Bonchev–Trinajstić information content (AvgIpc) is 3.30. The predicted octanol–water partition coefficient (Wildman–Crippen LogP) is 5.05. The van der Waals surface area contributed by atoms with Crippen LogP contribution >= 0.6 is 34.8 Å². The fourth-order valence-electron chi connectivity index (χ4n) is 4.60. The van der Waals surface area contributed by atoms with E-state index in [0.717, 1.165) is 28.7 Å². The van der Waals surface area contributed by atoms with E-state index in [1.54, 1.807) is 6.07 Å². The molecule has 3 aromatic rings. The van der Waals surface area contributed by atoms with Gasteiger partial charge in [-0.3, -0.25) is 9.59 Å². The van der Waals surface area contributed by atoms with E-state index in [2.05, 4.69) is 21.3 Å². The maximum Gasteiger partial charge on any atom is 0.328 e. The van der Waals surface area contributed by atoms with Gasteiger partial charge in [0.2, 0.25) is 0 Å². The molecule has 0 heterocycles. The van der Waals surface area contributed by atoms with Crippen LogP contribution in [0, 0.1) is 6.92 Å². The molecule has 4 amide bonds. The highest BCUT2D eigenvalue weighted by Gasteiger charge is 2.27. The lowest BCUT2D eigenvalue weighted by Gasteiger charge is -2.19. The van der Waals surface area contributed by atoms with E-state index in [0.29, 0.717) is 11.4 Å². The number of carbonyl (C=O) groups is 4. The Bertz CT molecular complexity index is 1490. The summed E-state index contributed by atoms with van der Waals surface area (Å²) >= 11 is 18.6. The van der Waals surface area contributed by atoms with Gasteiger partial charge >= 0.3 is 12.0 Å². The van der Waals surface area contributed by atoms with Crippen molar-refractivity contribution in [3.63, 3.8) is 0 Å². The number of carbonyl (C=O) groups excluding carboxylic acids is 3. The number of urea groups is 1. The van der Waals surface area contributed by atoms with Gasteiger partial charge in [0, 0.05) is 17.1 Å². The summed E-state index contributed by atoms with van der Waals surface area (Å²) in [7, 11) is 0. The average molecular weight is 618 g/mol. The lowest BCUT2D eigenvalue weighted by Crippen LogP contribution is -2.50. The van der Waals surface area contributed by atoms with E-state index in [9.17, 15) is 24.3 Å². The molecule has 3 aromatic carbocycles. The third-order valence-corrected chi connectivity index (χ3v) is 7.46. The van der Waals surface area contributed by atoms with Crippen LogP contribution in [-0.2, 0) is 17.8 Å². The Morgan fingerprint density at radius 3 is 2.37 bits per heavy atom. The van der Waals surface area contributed by atoms with Crippen LogP contribution in [0.4, 0.5) is 4.79 Å². The largest absolute Gasteiger partial charge is 0.480 e. The van der Waals surface area contributed by atoms with Gasteiger partial charge in [0.25, 0.3) is 11.8 Å². The molecule has 5 N–H and O–H groups in total. The van der Waals surface area contributed by atoms with Crippen LogP contribution in [0.25, 0.3) is 0 Å². The number of hydrogen-bond acceptors (Lipinski definition) is 4. The minimum atomic E-state index is -1.48. The fraction of sp³-hybridized carbons (Fsp3) is 0.241. The molecule has 0 fully saturated rings. The van der Waals surface area contributed by atoms with Crippen LogP contribution < -0.4 is 21.3 Å². The molecule has 0 aliphatic heterocycles. The molecule has 0 bridgehead atoms. The molecule has 0 saturated carbocycles. The van der Waals surface area contributed by atoms with E-state index < -0.39 is 36.4 Å². The van der Waals surface area contributed by atoms with E-state index in [-0.39, 0.29) is 33.8 Å². The normalized spacial score (nSPS) is 14.5. The van der Waals surface area contributed by atoms with Crippen molar-refractivity contribution in [1.82, 2.24) is 21.3 Å². The molecule has 0 saturated heterocycles. The Hall–Kier alpha value is -3.79. The first-order valence-electron chi connectivity index (χ1n) is 12.7. The van der Waals surface area contributed by atoms with Crippen LogP contribution in [0.1, 0.15) is 55.4 Å². The Kier molecular flexibility index (Phi) is 9.75. The van der Waals surface area contributed by atoms with Gasteiger partial charge in [0.1, 0.15) is 6.04 Å². The van der Waals surface area contributed by atoms with Gasteiger partial charge in [0.05, 0.1) is 28.2 Å². The maximum absolute atomic E-state index is 12.9. The van der Waals surface area contributed by atoms with Crippen LogP contribution in [0.15, 0.2) is 54.6 Å². The summed E-state index contributed by atoms with van der Waals surface area (Å²) in [5.41, 5.74) is 3.89. The number of carboxylic acid groups (broad SMARTS) is 1. The summed E-state index contributed by atoms with van der Waals surface area (Å²) in [6.07, 6.45) is 1.43. The van der Waals surface area contributed by atoms with Gasteiger partial charge < -0.3 is 26.4 Å². The molecule has 0 spiro atoms. The monoisotopic (exact) mass is 616 g/mol. The number of hydrogen-bond donors (Lipinski definition) is 5. The highest BCUT2D eigenvalue weighted by Crippen LogP contribution is 2.32. The van der Waals surface area contributed by atoms with Crippen molar-refractivity contribution in [2.75, 3.05) is 6.54 Å². The number of aliphatic carboxylic acids is 1. The smallest absolute Gasteiger partial charge is 0.328 e. The zero-order chi connectivity index (χ0) is 29.7. The van der Waals surface area contributed by atoms with E-state index in [4.69, 9.17) is 34.8 Å². The van der Waals surface area contributed by atoms with Crippen molar-refractivity contribution in [3.05, 3.63) is 103 Å². The second kappa shape index (κ2) is 13.2. The highest BCUT2D eigenvalue weighted by molar-refractivity contribution is 6.40. The van der Waals surface area contributed by atoms with Gasteiger partial charge in [-0.05, 0) is 60.7 Å². The van der Waals surface area contributed by atoms with Gasteiger partial charge in [-0.15, -0.1) is 0 Å². The number of fused-ring (bicyclic) bond motifs is 1. The summed E-state index contributed by atoms with van der Waals surface area (Å²) in [4.78, 5) is 49.9. The molecule has 0 radical (unpaired) electrons. The lowest BCUT2D eigenvalue weighted by atomic mass is 10.1. The molecule has 4 rings (SSSR count). The van der Waals surface area contributed by atoms with Crippen LogP contribution in [0.5, 0.6) is 0 Å². The highest BCUT2D eigenvalue weighted by atomic mass is 35.5. The first-order chi connectivity index (χ1) is 19.5. The number of halogens is 3. The van der Waals surface area contributed by atoms with Crippen molar-refractivity contribution >= 4 is 58.6 Å². The molecule has 1 aliphatic rings. The molecule has 12 heteroatoms. The predicted molar refractivity (Wildman–Crippen MR) is 157 cm³/mol. The summed E-state index contributed by atoms with van der Waals surface area (Å²) in [6.45, 7) is 1.82. The third-order valence-electron chi connectivity index (χ3n) is 6.63. The van der Waals surface area contributed by atoms with Crippen LogP contribution in [0.3, 0.4) is 0 Å². The van der Waals surface area contributed by atoms with Crippen molar-refractivity contribution in [1.29, 1.82) is 0 Å². The number of nitrogens with one attached hydrogen (secondary N) is 4. The second-order valence-corrected chi connectivity index (χ2v) is 10.9. The quantitative estimate of drug-likeness (QED) is 0.229. The van der Waals surface area contributed by atoms with Gasteiger partial charge in [0.15, 0.2) is 0 Å². The fourth-order valence-corrected chi connectivity index (χ4v) is 5.45. The second-order valence-electron chi connectivity index (χ2n) is 9.64. The number of amides is 4. The first kappa shape index (κ1) is 30.2. The summed E-state index contributed by atoms with van der Waals surface area (Å²) in [6, 6.07) is 13.3. The van der Waals surface area contributed by atoms with E-state index in [1.807, 2.05) is 43.3 Å². The standard InChI is InChI=1S/C29H27Cl3N4O5/c1-15-3-2-4-16(9-15)13-33-26(37)18-11-21(31)25(22(32)12-18)27(38)35-24(28(39)40)14-34-29(41)36-23-8-5-17-10-19(30)6-7-20(17)23/h2-4,6-7,9-12,23-24H,5,8,13-14H2,1H3,(H,33,37)(H,35,38)(H,39,40)(H2,34,36,41)/t23-,24+/m1/s1. The number of benzene rings is 3. The molecule has 0 unspecified atom stereocenters. The Morgan fingerprint density at radius 2 is 1.68 bits per heavy atom. The van der Waals surface area contributed by atoms with E-state index in [1.165, 1.54) is 12.1 Å². The zero-order valence-corrected chi connectivity index (χ0v) is 24.2.